The Balaban J connectivity index is 1.68. The standard InChI is InChI=1S/C18H16F3N3O2S/c19-18(20,21)12-5-4-8-14(9-12)22-16(25)15-10-27-11-24(15)17(26)23-13-6-2-1-3-7-13/h1-9,15H,10-11H2,(H,22,25)(H,23,26)/t15-/m0/s1. The van der Waals surface area contributed by atoms with Crippen molar-refractivity contribution in [3.8, 4) is 0 Å². The number of carbonyl (C=O) groups excluding carboxylic acids is 2. The first-order valence-corrected chi connectivity index (χ1v) is 9.18. The van der Waals surface area contributed by atoms with Gasteiger partial charge in [0.1, 0.15) is 6.04 Å². The lowest BCUT2D eigenvalue weighted by Crippen LogP contribution is -2.46. The van der Waals surface area contributed by atoms with Gasteiger partial charge in [0.25, 0.3) is 0 Å². The summed E-state index contributed by atoms with van der Waals surface area (Å²) >= 11 is 1.40. The molecule has 1 atom stereocenters. The van der Waals surface area contributed by atoms with Crippen molar-refractivity contribution in [2.45, 2.75) is 12.2 Å². The van der Waals surface area contributed by atoms with Crippen LogP contribution in [0.1, 0.15) is 5.56 Å². The molecule has 1 fully saturated rings. The van der Waals surface area contributed by atoms with Crippen molar-refractivity contribution in [2.75, 3.05) is 22.3 Å². The molecule has 1 aliphatic rings. The number of anilines is 2. The van der Waals surface area contributed by atoms with Gasteiger partial charge in [-0.25, -0.2) is 4.79 Å². The van der Waals surface area contributed by atoms with Gasteiger partial charge in [-0.1, -0.05) is 24.3 Å². The first-order valence-electron chi connectivity index (χ1n) is 8.03. The number of alkyl halides is 3. The Morgan fingerprint density at radius 1 is 1.00 bits per heavy atom. The van der Waals surface area contributed by atoms with E-state index in [4.69, 9.17) is 0 Å². The second-order valence-corrected chi connectivity index (χ2v) is 6.85. The first kappa shape index (κ1) is 19.1. The fourth-order valence-corrected chi connectivity index (χ4v) is 3.73. The van der Waals surface area contributed by atoms with Gasteiger partial charge in [-0.05, 0) is 30.3 Å². The van der Waals surface area contributed by atoms with E-state index < -0.39 is 29.7 Å². The minimum Gasteiger partial charge on any atom is -0.324 e. The summed E-state index contributed by atoms with van der Waals surface area (Å²) in [5.41, 5.74) is -0.216. The topological polar surface area (TPSA) is 61.4 Å². The molecule has 2 aromatic carbocycles. The highest BCUT2D eigenvalue weighted by Crippen LogP contribution is 2.31. The second-order valence-electron chi connectivity index (χ2n) is 5.85. The third-order valence-electron chi connectivity index (χ3n) is 3.93. The van der Waals surface area contributed by atoms with Crippen molar-refractivity contribution in [1.82, 2.24) is 4.90 Å². The summed E-state index contributed by atoms with van der Waals surface area (Å²) in [4.78, 5) is 26.3. The van der Waals surface area contributed by atoms with Crippen LogP contribution in [0.5, 0.6) is 0 Å². The van der Waals surface area contributed by atoms with Gasteiger partial charge in [0, 0.05) is 17.1 Å². The van der Waals surface area contributed by atoms with Crippen molar-refractivity contribution in [2.24, 2.45) is 0 Å². The molecule has 1 aliphatic heterocycles. The third kappa shape index (κ3) is 4.73. The second kappa shape index (κ2) is 7.91. The molecule has 0 spiro atoms. The van der Waals surface area contributed by atoms with Crippen molar-refractivity contribution >= 4 is 35.1 Å². The third-order valence-corrected chi connectivity index (χ3v) is 4.94. The van der Waals surface area contributed by atoms with E-state index >= 15 is 0 Å². The van der Waals surface area contributed by atoms with Gasteiger partial charge >= 0.3 is 12.2 Å². The van der Waals surface area contributed by atoms with E-state index in [0.717, 1.165) is 12.1 Å². The van der Waals surface area contributed by atoms with E-state index in [-0.39, 0.29) is 5.69 Å². The van der Waals surface area contributed by atoms with Crippen LogP contribution in [0, 0.1) is 0 Å². The SMILES string of the molecule is O=C(Nc1cccc(C(F)(F)F)c1)[C@@H]1CSCN1C(=O)Nc1ccccc1. The van der Waals surface area contributed by atoms with Gasteiger partial charge in [-0.2, -0.15) is 13.2 Å². The highest BCUT2D eigenvalue weighted by atomic mass is 32.2. The molecule has 5 nitrogen and oxygen atoms in total. The zero-order chi connectivity index (χ0) is 19.4. The molecule has 27 heavy (non-hydrogen) atoms. The van der Waals surface area contributed by atoms with Crippen molar-refractivity contribution in [1.29, 1.82) is 0 Å². The lowest BCUT2D eigenvalue weighted by molar-refractivity contribution is -0.137. The Hall–Kier alpha value is -2.68. The molecule has 0 unspecified atom stereocenters. The maximum Gasteiger partial charge on any atom is 0.416 e. The number of benzene rings is 2. The van der Waals surface area contributed by atoms with Gasteiger partial charge in [0.05, 0.1) is 11.4 Å². The Morgan fingerprint density at radius 3 is 2.41 bits per heavy atom. The quantitative estimate of drug-likeness (QED) is 0.817. The molecule has 142 valence electrons. The fraction of sp³-hybridized carbons (Fsp3) is 0.222. The smallest absolute Gasteiger partial charge is 0.324 e. The fourth-order valence-electron chi connectivity index (χ4n) is 2.58. The summed E-state index contributed by atoms with van der Waals surface area (Å²) in [6, 6.07) is 12.0. The van der Waals surface area contributed by atoms with Crippen molar-refractivity contribution in [3.05, 3.63) is 60.2 Å². The van der Waals surface area contributed by atoms with Crippen LogP contribution in [-0.2, 0) is 11.0 Å². The van der Waals surface area contributed by atoms with Crippen LogP contribution in [0.4, 0.5) is 29.3 Å². The van der Waals surface area contributed by atoms with Crippen LogP contribution < -0.4 is 10.6 Å². The van der Waals surface area contributed by atoms with Gasteiger partial charge in [0.15, 0.2) is 0 Å². The molecule has 1 saturated heterocycles. The van der Waals surface area contributed by atoms with Gasteiger partial charge in [0.2, 0.25) is 5.91 Å². The molecule has 3 rings (SSSR count). The highest BCUT2D eigenvalue weighted by molar-refractivity contribution is 7.99. The minimum absolute atomic E-state index is 0.0372. The molecule has 1 heterocycles. The molecule has 0 radical (unpaired) electrons. The monoisotopic (exact) mass is 395 g/mol. The molecule has 0 bridgehead atoms. The molecule has 0 saturated carbocycles. The number of nitrogens with zero attached hydrogens (tertiary/aromatic N) is 1. The molecule has 0 aromatic heterocycles. The largest absolute Gasteiger partial charge is 0.416 e. The molecule has 2 aromatic rings. The molecular weight excluding hydrogens is 379 g/mol. The van der Waals surface area contributed by atoms with Gasteiger partial charge in [-0.3, -0.25) is 4.79 Å². The van der Waals surface area contributed by atoms with E-state index in [1.54, 1.807) is 24.3 Å². The zero-order valence-electron chi connectivity index (χ0n) is 14.0. The number of carbonyl (C=O) groups is 2. The number of para-hydroxylation sites is 1. The average molecular weight is 395 g/mol. The lowest BCUT2D eigenvalue weighted by atomic mass is 10.2. The maximum absolute atomic E-state index is 12.8. The van der Waals surface area contributed by atoms with Gasteiger partial charge < -0.3 is 15.5 Å². The summed E-state index contributed by atoms with van der Waals surface area (Å²) in [5, 5.41) is 5.18. The normalized spacial score (nSPS) is 16.9. The Bertz CT molecular complexity index is 830. The molecule has 2 N–H and O–H groups in total. The van der Waals surface area contributed by atoms with E-state index in [1.807, 2.05) is 6.07 Å². The number of amides is 3. The van der Waals surface area contributed by atoms with Crippen LogP contribution in [0.2, 0.25) is 0 Å². The number of halogens is 3. The lowest BCUT2D eigenvalue weighted by Gasteiger charge is -2.23. The molecular formula is C18H16F3N3O2S. The summed E-state index contributed by atoms with van der Waals surface area (Å²) < 4.78 is 38.4. The number of thioether (sulfide) groups is 1. The first-order chi connectivity index (χ1) is 12.8. The van der Waals surface area contributed by atoms with E-state index in [1.165, 1.54) is 28.8 Å². The number of hydrogen-bond acceptors (Lipinski definition) is 3. The van der Waals surface area contributed by atoms with Crippen LogP contribution >= 0.6 is 11.8 Å². The minimum atomic E-state index is -4.49. The number of rotatable bonds is 3. The highest BCUT2D eigenvalue weighted by Gasteiger charge is 2.35. The van der Waals surface area contributed by atoms with Crippen LogP contribution in [0.15, 0.2) is 54.6 Å². The summed E-state index contributed by atoms with van der Waals surface area (Å²) in [6.07, 6.45) is -4.49. The van der Waals surface area contributed by atoms with Crippen molar-refractivity contribution < 1.29 is 22.8 Å². The van der Waals surface area contributed by atoms with E-state index in [2.05, 4.69) is 10.6 Å². The number of urea groups is 1. The summed E-state index contributed by atoms with van der Waals surface area (Å²) in [6.45, 7) is 0. The van der Waals surface area contributed by atoms with Gasteiger partial charge in [-0.15, -0.1) is 11.8 Å². The number of hydrogen-bond donors (Lipinski definition) is 2. The average Bonchev–Trinajstić information content (AvgIpc) is 3.12. The van der Waals surface area contributed by atoms with E-state index in [9.17, 15) is 22.8 Å². The predicted octanol–water partition coefficient (Wildman–Crippen LogP) is 4.25. The zero-order valence-corrected chi connectivity index (χ0v) is 14.8. The van der Waals surface area contributed by atoms with E-state index in [0.29, 0.717) is 17.3 Å². The van der Waals surface area contributed by atoms with Crippen LogP contribution in [0.3, 0.4) is 0 Å². The summed E-state index contributed by atoms with van der Waals surface area (Å²) in [5.74, 6) is 0.161. The predicted molar refractivity (Wildman–Crippen MR) is 98.5 cm³/mol. The van der Waals surface area contributed by atoms with Crippen LogP contribution in [0.25, 0.3) is 0 Å². The Kier molecular flexibility index (Phi) is 5.59. The van der Waals surface area contributed by atoms with Crippen molar-refractivity contribution in [3.63, 3.8) is 0 Å². The Labute approximate surface area is 157 Å². The number of nitrogens with one attached hydrogen (secondary N) is 2. The summed E-state index contributed by atoms with van der Waals surface area (Å²) in [7, 11) is 0. The molecule has 3 amide bonds. The molecule has 9 heteroatoms. The maximum atomic E-state index is 12.8. The molecule has 0 aliphatic carbocycles. The van der Waals surface area contributed by atoms with Crippen LogP contribution in [-0.4, -0.2) is 34.5 Å². The Morgan fingerprint density at radius 2 is 1.70 bits per heavy atom.